The minimum Gasteiger partial charge on any atom is -0.478 e. The number of hydrogen-bond donors (Lipinski definition) is 1. The van der Waals surface area contributed by atoms with E-state index in [0.29, 0.717) is 0 Å². The molecule has 0 aliphatic rings. The molecule has 1 N–H and O–H groups in total. The van der Waals surface area contributed by atoms with Gasteiger partial charge in [0.25, 0.3) is 10.0 Å². The number of hydrogen-bond acceptors (Lipinski definition) is 3. The molecule has 2 aromatic carbocycles. The fraction of sp³-hybridized carbons (Fsp3) is 0.133. The van der Waals surface area contributed by atoms with Crippen LogP contribution in [-0.4, -0.2) is 26.5 Å². The van der Waals surface area contributed by atoms with Gasteiger partial charge in [-0.3, -0.25) is 4.31 Å². The molecule has 0 spiro atoms. The fourth-order valence-corrected chi connectivity index (χ4v) is 3.77. The van der Waals surface area contributed by atoms with E-state index >= 15 is 0 Å². The number of carboxylic acid groups (broad SMARTS) is 1. The van der Waals surface area contributed by atoms with Crippen molar-refractivity contribution in [3.63, 3.8) is 0 Å². The van der Waals surface area contributed by atoms with Crippen molar-refractivity contribution in [1.82, 2.24) is 0 Å². The number of carbonyl (C=O) groups is 1. The first kappa shape index (κ1) is 17.6. The second-order valence-electron chi connectivity index (χ2n) is 4.88. The molecule has 5 nitrogen and oxygen atoms in total. The Morgan fingerprint density at radius 1 is 1.09 bits per heavy atom. The lowest BCUT2D eigenvalue weighted by Crippen LogP contribution is -2.26. The second-order valence-corrected chi connectivity index (χ2v) is 7.66. The number of benzene rings is 2. The molecule has 0 amide bonds. The average molecular weight is 374 g/mol. The van der Waals surface area contributed by atoms with E-state index in [2.05, 4.69) is 0 Å². The Balaban J connectivity index is 2.50. The van der Waals surface area contributed by atoms with Gasteiger partial charge >= 0.3 is 5.97 Å². The second kappa shape index (κ2) is 6.39. The first-order valence-corrected chi connectivity index (χ1v) is 8.62. The summed E-state index contributed by atoms with van der Waals surface area (Å²) in [7, 11) is -2.46. The van der Waals surface area contributed by atoms with E-state index in [1.807, 2.05) is 6.92 Å². The van der Waals surface area contributed by atoms with Crippen LogP contribution in [0.25, 0.3) is 0 Å². The summed E-state index contributed by atoms with van der Waals surface area (Å²) in [6.07, 6.45) is 0. The van der Waals surface area contributed by atoms with Crippen LogP contribution in [0, 0.1) is 6.92 Å². The Morgan fingerprint density at radius 2 is 1.57 bits per heavy atom. The highest BCUT2D eigenvalue weighted by molar-refractivity contribution is 7.92. The number of carboxylic acids is 1. The van der Waals surface area contributed by atoms with Crippen molar-refractivity contribution >= 4 is 44.9 Å². The van der Waals surface area contributed by atoms with Gasteiger partial charge in [-0.15, -0.1) is 0 Å². The van der Waals surface area contributed by atoms with Crippen LogP contribution >= 0.6 is 23.2 Å². The average Bonchev–Trinajstić information content (AvgIpc) is 2.45. The van der Waals surface area contributed by atoms with Gasteiger partial charge in [0, 0.05) is 7.05 Å². The van der Waals surface area contributed by atoms with E-state index in [4.69, 9.17) is 28.3 Å². The van der Waals surface area contributed by atoms with Crippen LogP contribution in [0.4, 0.5) is 5.69 Å². The summed E-state index contributed by atoms with van der Waals surface area (Å²) in [5.74, 6) is -1.28. The van der Waals surface area contributed by atoms with Gasteiger partial charge < -0.3 is 5.11 Å². The first-order valence-electron chi connectivity index (χ1n) is 6.42. The lowest BCUT2D eigenvalue weighted by Gasteiger charge is -2.20. The van der Waals surface area contributed by atoms with E-state index < -0.39 is 16.0 Å². The normalized spacial score (nSPS) is 11.3. The van der Waals surface area contributed by atoms with E-state index in [1.54, 1.807) is 12.1 Å². The Hall–Kier alpha value is -1.76. The molecule has 8 heteroatoms. The van der Waals surface area contributed by atoms with E-state index in [0.717, 1.165) is 9.87 Å². The number of rotatable bonds is 4. The molecule has 0 heterocycles. The predicted octanol–water partition coefficient (Wildman–Crippen LogP) is 3.83. The van der Waals surface area contributed by atoms with Crippen LogP contribution < -0.4 is 4.31 Å². The minimum atomic E-state index is -3.81. The Kier molecular flexibility index (Phi) is 4.89. The van der Waals surface area contributed by atoms with Gasteiger partial charge in [0.2, 0.25) is 0 Å². The highest BCUT2D eigenvalue weighted by Gasteiger charge is 2.24. The van der Waals surface area contributed by atoms with Crippen molar-refractivity contribution in [2.75, 3.05) is 11.4 Å². The molecule has 0 radical (unpaired) electrons. The van der Waals surface area contributed by atoms with Crippen LogP contribution in [0.15, 0.2) is 41.3 Å². The molecule has 2 aromatic rings. The minimum absolute atomic E-state index is 0.111. The molecule has 0 aromatic heterocycles. The number of nitrogens with zero attached hydrogens (tertiary/aromatic N) is 1. The molecule has 2 rings (SSSR count). The summed E-state index contributed by atoms with van der Waals surface area (Å²) >= 11 is 11.8. The third kappa shape index (κ3) is 3.44. The predicted molar refractivity (Wildman–Crippen MR) is 90.2 cm³/mol. The number of aryl methyl sites for hydroxylation is 1. The van der Waals surface area contributed by atoms with Crippen molar-refractivity contribution < 1.29 is 18.3 Å². The molecule has 0 atom stereocenters. The molecule has 0 saturated heterocycles. The van der Waals surface area contributed by atoms with Crippen LogP contribution in [0.1, 0.15) is 15.9 Å². The van der Waals surface area contributed by atoms with Crippen LogP contribution in [0.5, 0.6) is 0 Å². The van der Waals surface area contributed by atoms with Gasteiger partial charge in [0.05, 0.1) is 26.2 Å². The molecule has 122 valence electrons. The molecular weight excluding hydrogens is 361 g/mol. The van der Waals surface area contributed by atoms with Crippen LogP contribution in [-0.2, 0) is 10.0 Å². The molecular formula is C15H13Cl2NO4S. The maximum absolute atomic E-state index is 12.6. The molecule has 0 fully saturated rings. The maximum atomic E-state index is 12.6. The Labute approximate surface area is 144 Å². The molecule has 0 aliphatic carbocycles. The number of aromatic carboxylic acids is 1. The van der Waals surface area contributed by atoms with E-state index in [9.17, 15) is 13.2 Å². The van der Waals surface area contributed by atoms with Gasteiger partial charge in [-0.1, -0.05) is 40.9 Å². The summed E-state index contributed by atoms with van der Waals surface area (Å²) in [6.45, 7) is 1.85. The summed E-state index contributed by atoms with van der Waals surface area (Å²) in [5, 5.41) is 8.77. The molecule has 0 unspecified atom stereocenters. The largest absolute Gasteiger partial charge is 0.478 e. The highest BCUT2D eigenvalue weighted by Crippen LogP contribution is 2.32. The topological polar surface area (TPSA) is 74.7 Å². The monoisotopic (exact) mass is 373 g/mol. The van der Waals surface area contributed by atoms with Crippen LogP contribution in [0.3, 0.4) is 0 Å². The highest BCUT2D eigenvalue weighted by atomic mass is 35.5. The molecule has 0 aliphatic heterocycles. The van der Waals surface area contributed by atoms with Crippen molar-refractivity contribution in [1.29, 1.82) is 0 Å². The van der Waals surface area contributed by atoms with E-state index in [-0.39, 0.29) is 26.2 Å². The third-order valence-electron chi connectivity index (χ3n) is 3.28. The summed E-state index contributed by atoms with van der Waals surface area (Å²) < 4.78 is 26.2. The van der Waals surface area contributed by atoms with Crippen molar-refractivity contribution in [3.8, 4) is 0 Å². The zero-order valence-electron chi connectivity index (χ0n) is 12.2. The SMILES string of the molecule is Cc1ccc(S(=O)(=O)N(C)c2cc(Cl)c(C(=O)O)c(Cl)c2)cc1. The lowest BCUT2D eigenvalue weighted by molar-refractivity contribution is 0.0697. The number of sulfonamides is 1. The van der Waals surface area contributed by atoms with Crippen LogP contribution in [0.2, 0.25) is 10.0 Å². The van der Waals surface area contributed by atoms with Gasteiger partial charge in [0.1, 0.15) is 0 Å². The summed E-state index contributed by atoms with van der Waals surface area (Å²) in [5.41, 5.74) is 0.840. The lowest BCUT2D eigenvalue weighted by atomic mass is 10.2. The smallest absolute Gasteiger partial charge is 0.338 e. The fourth-order valence-electron chi connectivity index (χ4n) is 1.95. The van der Waals surface area contributed by atoms with E-state index in [1.165, 1.54) is 31.3 Å². The van der Waals surface area contributed by atoms with Gasteiger partial charge in [-0.25, -0.2) is 13.2 Å². The van der Waals surface area contributed by atoms with Crippen molar-refractivity contribution in [2.24, 2.45) is 0 Å². The molecule has 23 heavy (non-hydrogen) atoms. The zero-order chi connectivity index (χ0) is 17.4. The van der Waals surface area contributed by atoms with Crippen molar-refractivity contribution in [2.45, 2.75) is 11.8 Å². The van der Waals surface area contributed by atoms with Gasteiger partial charge in [-0.05, 0) is 31.2 Å². The molecule has 0 bridgehead atoms. The van der Waals surface area contributed by atoms with Gasteiger partial charge in [0.15, 0.2) is 0 Å². The summed E-state index contributed by atoms with van der Waals surface area (Å²) in [4.78, 5) is 11.2. The quantitative estimate of drug-likeness (QED) is 0.883. The number of anilines is 1. The maximum Gasteiger partial charge on any atom is 0.338 e. The summed E-state index contributed by atoms with van der Waals surface area (Å²) in [6, 6.07) is 8.87. The first-order chi connectivity index (χ1) is 10.6. The number of halogens is 2. The van der Waals surface area contributed by atoms with Gasteiger partial charge in [-0.2, -0.15) is 0 Å². The molecule has 0 saturated carbocycles. The standard InChI is InChI=1S/C15H13Cl2NO4S/c1-9-3-5-11(6-4-9)23(21,22)18(2)10-7-12(16)14(15(19)20)13(17)8-10/h3-8H,1-2H3,(H,19,20). The Bertz CT molecular complexity index is 841. The Morgan fingerprint density at radius 3 is 2.00 bits per heavy atom. The third-order valence-corrected chi connectivity index (χ3v) is 5.68. The van der Waals surface area contributed by atoms with Crippen molar-refractivity contribution in [3.05, 3.63) is 57.6 Å². The zero-order valence-corrected chi connectivity index (χ0v) is 14.6.